The monoisotopic (exact) mass is 801 g/mol. The maximum absolute atomic E-state index is 8.44. The van der Waals surface area contributed by atoms with Crippen LogP contribution < -0.4 is 0 Å². The maximum Gasteiger partial charge on any atom is 0.191 e. The number of fused-ring (bicyclic) bond motifs is 6. The van der Waals surface area contributed by atoms with E-state index in [1.807, 2.05) is 129 Å². The summed E-state index contributed by atoms with van der Waals surface area (Å²) in [6, 6.07) is 48.2. The normalized spacial score (nSPS) is 11.7. The summed E-state index contributed by atoms with van der Waals surface area (Å²) in [5, 5.41) is 11.8. The smallest absolute Gasteiger partial charge is 0.191 e. The number of rotatable bonds is 4. The molecule has 0 N–H and O–H groups in total. The Morgan fingerprint density at radius 3 is 2.35 bits per heavy atom. The number of aromatic nitrogens is 5. The van der Waals surface area contributed by atoms with Crippen molar-refractivity contribution in [1.82, 2.24) is 24.7 Å². The molecule has 0 atom stereocenters. The van der Waals surface area contributed by atoms with Gasteiger partial charge < -0.3 is 14.0 Å². The standard InChI is InChI=1S/C30H21N4O.C11H8N.Ir/c1-18(2)19-15-16-21-22-12-8-13-24(28(22)35-26(21)17-19)30-31-29-27(34(30)20-9-4-3-5-10-20)23-11-6-7-14-25(23)32-33-29;1-2-6-10(7-3-1)11-8-4-5-9-12-11;/h3-12,14-18H,1-2H3;1-6,8-9H;/q2*-1;/i18D;;. The van der Waals surface area contributed by atoms with Gasteiger partial charge in [-0.15, -0.1) is 64.3 Å². The third-order valence-electron chi connectivity index (χ3n) is 8.17. The summed E-state index contributed by atoms with van der Waals surface area (Å²) < 4.78 is 17.0. The Bertz CT molecular complexity index is 2510. The summed E-state index contributed by atoms with van der Waals surface area (Å²) in [7, 11) is 0. The molecule has 9 rings (SSSR count). The SMILES string of the molecule is [2H]C(C)(C)c1ccc2c(c1)oc1c(-c3nc4nnc5ccccc5c4n3-c3ccccc3)[c-]ccc12.[Ir].[c-]1ccccc1-c1ccccn1. The Morgan fingerprint density at radius 2 is 1.56 bits per heavy atom. The van der Waals surface area contributed by atoms with Crippen LogP contribution in [0, 0.1) is 12.1 Å². The molecule has 6 nitrogen and oxygen atoms in total. The van der Waals surface area contributed by atoms with Gasteiger partial charge in [0.15, 0.2) is 5.65 Å². The van der Waals surface area contributed by atoms with E-state index >= 15 is 0 Å². The fourth-order valence-corrected chi connectivity index (χ4v) is 5.87. The van der Waals surface area contributed by atoms with Crippen LogP contribution in [0.3, 0.4) is 0 Å². The molecule has 0 aliphatic carbocycles. The summed E-state index contributed by atoms with van der Waals surface area (Å²) in [5.41, 5.74) is 8.34. The van der Waals surface area contributed by atoms with Crippen LogP contribution in [0.1, 0.15) is 26.7 Å². The van der Waals surface area contributed by atoms with E-state index < -0.39 is 5.89 Å². The molecule has 0 aliphatic heterocycles. The van der Waals surface area contributed by atoms with Gasteiger partial charge in [0.2, 0.25) is 0 Å². The molecule has 0 saturated heterocycles. The van der Waals surface area contributed by atoms with E-state index in [1.54, 1.807) is 6.20 Å². The van der Waals surface area contributed by atoms with E-state index in [4.69, 9.17) is 10.8 Å². The van der Waals surface area contributed by atoms with Crippen LogP contribution in [0.2, 0.25) is 0 Å². The number of hydrogen-bond donors (Lipinski definition) is 0. The average molecular weight is 801 g/mol. The summed E-state index contributed by atoms with van der Waals surface area (Å²) in [6.45, 7) is 3.76. The van der Waals surface area contributed by atoms with Crippen LogP contribution in [0.4, 0.5) is 0 Å². The number of hydrogen-bond acceptors (Lipinski definition) is 5. The molecule has 4 heterocycles. The maximum atomic E-state index is 8.44. The molecule has 4 aromatic heterocycles. The Labute approximate surface area is 292 Å². The van der Waals surface area contributed by atoms with E-state index in [0.29, 0.717) is 17.1 Å². The molecule has 48 heavy (non-hydrogen) atoms. The van der Waals surface area contributed by atoms with Crippen LogP contribution in [0.15, 0.2) is 138 Å². The number of furan rings is 1. The van der Waals surface area contributed by atoms with Crippen molar-refractivity contribution in [3.63, 3.8) is 0 Å². The Morgan fingerprint density at radius 1 is 0.750 bits per heavy atom. The third-order valence-corrected chi connectivity index (χ3v) is 8.17. The van der Waals surface area contributed by atoms with Crippen LogP contribution >= 0.6 is 0 Å². The molecular formula is C41H29IrN5O-2. The third kappa shape index (κ3) is 5.68. The molecule has 0 spiro atoms. The van der Waals surface area contributed by atoms with Crippen molar-refractivity contribution in [2.75, 3.05) is 0 Å². The van der Waals surface area contributed by atoms with Crippen molar-refractivity contribution >= 4 is 44.0 Å². The Balaban J connectivity index is 0.000000246. The fraction of sp³-hybridized carbons (Fsp3) is 0.0732. The molecule has 0 amide bonds. The second kappa shape index (κ2) is 13.3. The first-order valence-electron chi connectivity index (χ1n) is 15.9. The zero-order valence-corrected chi connectivity index (χ0v) is 28.6. The van der Waals surface area contributed by atoms with Crippen LogP contribution in [-0.2, 0) is 20.1 Å². The minimum atomic E-state index is -0.719. The van der Waals surface area contributed by atoms with E-state index in [2.05, 4.69) is 44.0 Å². The number of benzene rings is 5. The van der Waals surface area contributed by atoms with Crippen molar-refractivity contribution < 1.29 is 25.9 Å². The molecule has 5 aromatic carbocycles. The summed E-state index contributed by atoms with van der Waals surface area (Å²) in [6.07, 6.45) is 1.79. The van der Waals surface area contributed by atoms with Crippen LogP contribution in [-0.4, -0.2) is 24.7 Å². The quantitative estimate of drug-likeness (QED) is 0.166. The second-order valence-electron chi connectivity index (χ2n) is 11.4. The predicted octanol–water partition coefficient (Wildman–Crippen LogP) is 10.0. The zero-order valence-electron chi connectivity index (χ0n) is 27.2. The largest absolute Gasteiger partial charge is 0.501 e. The molecule has 9 aromatic rings. The van der Waals surface area contributed by atoms with Crippen molar-refractivity contribution in [2.24, 2.45) is 0 Å². The van der Waals surface area contributed by atoms with Crippen molar-refractivity contribution in [3.05, 3.63) is 151 Å². The summed E-state index contributed by atoms with van der Waals surface area (Å²) >= 11 is 0. The average Bonchev–Trinajstić information content (AvgIpc) is 3.71. The van der Waals surface area contributed by atoms with E-state index in [-0.39, 0.29) is 20.1 Å². The van der Waals surface area contributed by atoms with Gasteiger partial charge in [-0.3, -0.25) is 4.98 Å². The minimum Gasteiger partial charge on any atom is -0.501 e. The first kappa shape index (κ1) is 29.9. The van der Waals surface area contributed by atoms with Gasteiger partial charge in [-0.05, 0) is 47.5 Å². The van der Waals surface area contributed by atoms with E-state index in [0.717, 1.165) is 60.8 Å². The van der Waals surface area contributed by atoms with Crippen molar-refractivity contribution in [3.8, 4) is 28.3 Å². The summed E-state index contributed by atoms with van der Waals surface area (Å²) in [4.78, 5) is 9.17. The zero-order chi connectivity index (χ0) is 32.7. The molecule has 0 bridgehead atoms. The van der Waals surface area contributed by atoms with Crippen LogP contribution in [0.5, 0.6) is 0 Å². The van der Waals surface area contributed by atoms with Crippen molar-refractivity contribution in [2.45, 2.75) is 19.7 Å². The molecule has 0 saturated carbocycles. The first-order valence-corrected chi connectivity index (χ1v) is 15.4. The van der Waals surface area contributed by atoms with Gasteiger partial charge >= 0.3 is 0 Å². The van der Waals surface area contributed by atoms with Gasteiger partial charge in [0.25, 0.3) is 0 Å². The second-order valence-corrected chi connectivity index (χ2v) is 11.4. The Kier molecular flexibility index (Phi) is 8.29. The molecule has 0 fully saturated rings. The van der Waals surface area contributed by atoms with Gasteiger partial charge in [0.1, 0.15) is 5.58 Å². The molecule has 235 valence electrons. The minimum absolute atomic E-state index is 0. The van der Waals surface area contributed by atoms with Crippen LogP contribution in [0.25, 0.3) is 72.3 Å². The Hall–Kier alpha value is -5.49. The van der Waals surface area contributed by atoms with Gasteiger partial charge in [0, 0.05) is 44.1 Å². The van der Waals surface area contributed by atoms with E-state index in [9.17, 15) is 0 Å². The molecule has 0 aliphatic rings. The molecular weight excluding hydrogens is 771 g/mol. The van der Waals surface area contributed by atoms with Gasteiger partial charge in [-0.2, -0.15) is 0 Å². The topological polar surface area (TPSA) is 69.6 Å². The first-order chi connectivity index (χ1) is 23.5. The molecule has 0 unspecified atom stereocenters. The number of para-hydroxylation sites is 1. The molecule has 7 heteroatoms. The van der Waals surface area contributed by atoms with Gasteiger partial charge in [-0.25, -0.2) is 0 Å². The predicted molar refractivity (Wildman–Crippen MR) is 188 cm³/mol. The summed E-state index contributed by atoms with van der Waals surface area (Å²) in [5.74, 6) is -0.0316. The molecule has 1 radical (unpaired) electrons. The van der Waals surface area contributed by atoms with Crippen molar-refractivity contribution in [1.29, 1.82) is 0 Å². The number of nitrogens with zero attached hydrogens (tertiary/aromatic N) is 5. The van der Waals surface area contributed by atoms with E-state index in [1.165, 1.54) is 0 Å². The fourth-order valence-electron chi connectivity index (χ4n) is 5.87. The van der Waals surface area contributed by atoms with Gasteiger partial charge in [0.05, 0.1) is 22.4 Å². The number of pyridine rings is 1. The number of imidazole rings is 1. The van der Waals surface area contributed by atoms with Gasteiger partial charge in [-0.1, -0.05) is 85.5 Å².